The zero-order valence-corrected chi connectivity index (χ0v) is 25.7. The summed E-state index contributed by atoms with van der Waals surface area (Å²) in [6.07, 6.45) is 4.88. The van der Waals surface area contributed by atoms with Gasteiger partial charge in [-0.3, -0.25) is 0 Å². The van der Waals surface area contributed by atoms with Crippen molar-refractivity contribution in [2.45, 2.75) is 68.5 Å². The summed E-state index contributed by atoms with van der Waals surface area (Å²) in [7, 11) is 7.16. The molecule has 0 fully saturated rings. The van der Waals surface area contributed by atoms with Crippen molar-refractivity contribution in [3.8, 4) is 0 Å². The topological polar surface area (TPSA) is 167 Å². The Hall–Kier alpha value is -2.77. The quantitative estimate of drug-likeness (QED) is 0.156. The van der Waals surface area contributed by atoms with E-state index in [0.717, 1.165) is 33.8 Å². The van der Waals surface area contributed by atoms with Crippen LogP contribution in [0.25, 0.3) is 10.8 Å². The summed E-state index contributed by atoms with van der Waals surface area (Å²) in [6, 6.07) is 11.3. The number of carbonyl (C=O) groups is 2. The number of carbonyl (C=O) groups excluding carboxylic acids is 1. The number of nitrogens with zero attached hydrogens (tertiary/aromatic N) is 2. The van der Waals surface area contributed by atoms with Crippen molar-refractivity contribution in [3.63, 3.8) is 0 Å². The Morgan fingerprint density at radius 1 is 0.854 bits per heavy atom. The first-order valence-electron chi connectivity index (χ1n) is 13.9. The number of fused-ring (bicyclic) bond motifs is 1. The van der Waals surface area contributed by atoms with Crippen LogP contribution in [0, 0.1) is 0 Å². The molecular formula is C29H47N3O8S. The Labute approximate surface area is 244 Å². The summed E-state index contributed by atoms with van der Waals surface area (Å²) in [5.74, 6) is -3.83. The maximum Gasteiger partial charge on any atom is 0.335 e. The molecule has 0 heterocycles. The van der Waals surface area contributed by atoms with Gasteiger partial charge in [0.1, 0.15) is 6.10 Å². The second-order valence-corrected chi connectivity index (χ2v) is 13.0. The van der Waals surface area contributed by atoms with Gasteiger partial charge in [-0.2, -0.15) is 0 Å². The largest absolute Gasteiger partial charge is 0.547 e. The number of anilines is 1. The number of aliphatic carboxylic acids is 2. The summed E-state index contributed by atoms with van der Waals surface area (Å²) >= 11 is 0. The first-order chi connectivity index (χ1) is 19.1. The normalized spacial score (nSPS) is 13.2. The smallest absolute Gasteiger partial charge is 0.335 e. The van der Waals surface area contributed by atoms with Gasteiger partial charge in [-0.05, 0) is 31.4 Å². The van der Waals surface area contributed by atoms with E-state index in [1.54, 1.807) is 6.07 Å². The maximum absolute atomic E-state index is 12.9. The number of aliphatic hydroxyl groups excluding tert-OH is 2. The summed E-state index contributed by atoms with van der Waals surface area (Å²) in [5, 5.41) is 35.9. The second-order valence-electron chi connectivity index (χ2n) is 11.3. The Kier molecular flexibility index (Phi) is 15.3. The van der Waals surface area contributed by atoms with Crippen molar-refractivity contribution in [3.05, 3.63) is 36.4 Å². The van der Waals surface area contributed by atoms with E-state index in [-0.39, 0.29) is 0 Å². The average Bonchev–Trinajstić information content (AvgIpc) is 2.89. The second kappa shape index (κ2) is 17.2. The molecule has 2 atom stereocenters. The van der Waals surface area contributed by atoms with E-state index in [4.69, 9.17) is 15.3 Å². The number of carboxylic acids is 2. The molecule has 0 aliphatic heterocycles. The molecule has 0 saturated carbocycles. The van der Waals surface area contributed by atoms with Crippen LogP contribution >= 0.6 is 0 Å². The van der Waals surface area contributed by atoms with Crippen molar-refractivity contribution >= 4 is 38.4 Å². The number of hydrogen-bond acceptors (Lipinski definition) is 8. The van der Waals surface area contributed by atoms with E-state index in [9.17, 15) is 23.1 Å². The van der Waals surface area contributed by atoms with Crippen molar-refractivity contribution in [1.29, 1.82) is 0 Å². The Balaban J connectivity index is 0.000000716. The van der Waals surface area contributed by atoms with Crippen LogP contribution in [-0.4, -0.2) is 101 Å². The van der Waals surface area contributed by atoms with Gasteiger partial charge >= 0.3 is 5.97 Å². The first kappa shape index (κ1) is 36.3. The fourth-order valence-electron chi connectivity index (χ4n) is 4.21. The molecule has 232 valence electrons. The zero-order valence-electron chi connectivity index (χ0n) is 24.9. The molecule has 12 heteroatoms. The average molecular weight is 598 g/mol. The molecule has 4 N–H and O–H groups in total. The van der Waals surface area contributed by atoms with Crippen LogP contribution in [0.2, 0.25) is 0 Å². The van der Waals surface area contributed by atoms with E-state index in [0.29, 0.717) is 11.4 Å². The molecule has 0 radical (unpaired) electrons. The highest BCUT2D eigenvalue weighted by molar-refractivity contribution is 7.89. The van der Waals surface area contributed by atoms with Crippen molar-refractivity contribution < 1.29 is 42.9 Å². The molecule has 0 unspecified atom stereocenters. The fourth-order valence-corrected chi connectivity index (χ4v) is 5.50. The van der Waals surface area contributed by atoms with Crippen LogP contribution in [0.15, 0.2) is 41.3 Å². The highest BCUT2D eigenvalue weighted by atomic mass is 32.2. The maximum atomic E-state index is 12.9. The molecule has 0 aromatic heterocycles. The van der Waals surface area contributed by atoms with Gasteiger partial charge in [0, 0.05) is 37.1 Å². The summed E-state index contributed by atoms with van der Waals surface area (Å²) in [4.78, 5) is 21.8. The molecule has 0 aliphatic rings. The SMILES string of the molecule is CN(C)c1cccc2c(S(=O)(=O)NCCCCCCCCCC[N+](C)(C)C)cccc12.O=C([O-])[C@H](O)[C@@H](O)C(=O)O. The highest BCUT2D eigenvalue weighted by Gasteiger charge is 2.24. The Morgan fingerprint density at radius 3 is 1.85 bits per heavy atom. The summed E-state index contributed by atoms with van der Waals surface area (Å²) in [6.45, 7) is 1.74. The van der Waals surface area contributed by atoms with Crippen LogP contribution in [0.1, 0.15) is 51.4 Å². The lowest BCUT2D eigenvalue weighted by Gasteiger charge is -2.23. The molecule has 11 nitrogen and oxygen atoms in total. The Morgan fingerprint density at radius 2 is 1.37 bits per heavy atom. The minimum absolute atomic E-state index is 0.363. The van der Waals surface area contributed by atoms with Gasteiger partial charge in [0.15, 0.2) is 6.10 Å². The van der Waals surface area contributed by atoms with E-state index in [1.165, 1.54) is 45.1 Å². The highest BCUT2D eigenvalue weighted by Crippen LogP contribution is 2.30. The molecule has 0 amide bonds. The van der Waals surface area contributed by atoms with Crippen molar-refractivity contribution in [2.24, 2.45) is 0 Å². The first-order valence-corrected chi connectivity index (χ1v) is 15.4. The molecule has 41 heavy (non-hydrogen) atoms. The van der Waals surface area contributed by atoms with E-state index < -0.39 is 34.2 Å². The number of benzene rings is 2. The number of aliphatic hydroxyl groups is 2. The lowest BCUT2D eigenvalue weighted by Crippen LogP contribution is -2.46. The van der Waals surface area contributed by atoms with Crippen molar-refractivity contribution in [2.75, 3.05) is 53.2 Å². The third kappa shape index (κ3) is 13.2. The zero-order chi connectivity index (χ0) is 31.2. The lowest BCUT2D eigenvalue weighted by atomic mass is 10.1. The van der Waals surface area contributed by atoms with Crippen molar-refractivity contribution in [1.82, 2.24) is 4.72 Å². The predicted octanol–water partition coefficient (Wildman–Crippen LogP) is 1.55. The molecular weight excluding hydrogens is 550 g/mol. The number of unbranched alkanes of at least 4 members (excludes halogenated alkanes) is 7. The van der Waals surface area contributed by atoms with Gasteiger partial charge in [0.25, 0.3) is 0 Å². The molecule has 0 spiro atoms. The molecule has 0 saturated heterocycles. The fraction of sp³-hybridized carbons (Fsp3) is 0.586. The van der Waals surface area contributed by atoms with Crippen LogP contribution in [0.3, 0.4) is 0 Å². The van der Waals surface area contributed by atoms with Gasteiger partial charge in [-0.15, -0.1) is 0 Å². The minimum atomic E-state index is -3.52. The third-order valence-electron chi connectivity index (χ3n) is 6.47. The van der Waals surface area contributed by atoms with Gasteiger partial charge in [-0.1, -0.05) is 56.4 Å². The van der Waals surface area contributed by atoms with Crippen LogP contribution in [0.4, 0.5) is 5.69 Å². The summed E-state index contributed by atoms with van der Waals surface area (Å²) < 4.78 is 29.7. The number of rotatable bonds is 17. The molecule has 0 bridgehead atoms. The van der Waals surface area contributed by atoms with Gasteiger partial charge < -0.3 is 34.6 Å². The number of hydrogen-bond donors (Lipinski definition) is 4. The van der Waals surface area contributed by atoms with E-state index in [1.807, 2.05) is 49.3 Å². The number of quaternary nitrogens is 1. The lowest BCUT2D eigenvalue weighted by molar-refractivity contribution is -0.870. The third-order valence-corrected chi connectivity index (χ3v) is 7.99. The summed E-state index contributed by atoms with van der Waals surface area (Å²) in [5.41, 5.74) is 1.02. The molecule has 2 rings (SSSR count). The molecule has 0 aliphatic carbocycles. The molecule has 2 aromatic carbocycles. The predicted molar refractivity (Wildman–Crippen MR) is 158 cm³/mol. The van der Waals surface area contributed by atoms with Gasteiger partial charge in [0.05, 0.1) is 38.6 Å². The Bertz CT molecular complexity index is 1190. The van der Waals surface area contributed by atoms with Gasteiger partial charge in [0.2, 0.25) is 10.0 Å². The number of sulfonamides is 1. The van der Waals surface area contributed by atoms with E-state index >= 15 is 0 Å². The van der Waals surface area contributed by atoms with Crippen LogP contribution in [-0.2, 0) is 19.6 Å². The standard InChI is InChI=1S/C25H42N3O2S.C4H6O6/c1-27(2)24-18-14-17-23-22(24)16-15-19-25(23)31(29,30)26-20-12-10-8-6-7-9-11-13-21-28(3,4)5;5-1(3(7)8)2(6)4(9)10/h14-19,26H,6-13,20-21H2,1-5H3;1-2,5-6H,(H,7,8)(H,9,10)/q+1;/p-1/t;1-,2-/m.1/s1. The minimum Gasteiger partial charge on any atom is -0.547 e. The molecule has 2 aromatic rings. The monoisotopic (exact) mass is 597 g/mol. The number of carboxylic acid groups (broad SMARTS) is 2. The van der Waals surface area contributed by atoms with Crippen LogP contribution in [0.5, 0.6) is 0 Å². The van der Waals surface area contributed by atoms with Gasteiger partial charge in [-0.25, -0.2) is 17.9 Å². The van der Waals surface area contributed by atoms with Crippen LogP contribution < -0.4 is 14.7 Å². The number of nitrogens with one attached hydrogen (secondary N) is 1. The van der Waals surface area contributed by atoms with E-state index in [2.05, 4.69) is 25.9 Å².